The third kappa shape index (κ3) is 5.26. The van der Waals surface area contributed by atoms with Crippen molar-refractivity contribution in [2.75, 3.05) is 11.9 Å². The Morgan fingerprint density at radius 2 is 2.06 bits per heavy atom. The van der Waals surface area contributed by atoms with Gasteiger partial charge in [0.1, 0.15) is 29.3 Å². The molecule has 1 amide bonds. The predicted molar refractivity (Wildman–Crippen MR) is 124 cm³/mol. The summed E-state index contributed by atoms with van der Waals surface area (Å²) in [6.07, 6.45) is 1.63. The topological polar surface area (TPSA) is 128 Å². The summed E-state index contributed by atoms with van der Waals surface area (Å²) in [5, 5.41) is 21.4. The number of nitrogens with zero attached hydrogens (tertiary/aromatic N) is 5. The lowest BCUT2D eigenvalue weighted by Crippen LogP contribution is -2.42. The number of ether oxygens (including phenoxy) is 1. The Balaban J connectivity index is 1.64. The number of amides is 1. The Labute approximate surface area is 200 Å². The van der Waals surface area contributed by atoms with Crippen LogP contribution < -0.4 is 5.32 Å². The minimum atomic E-state index is -1.28. The number of hydrogen-bond acceptors (Lipinski definition) is 8. The van der Waals surface area contributed by atoms with Crippen LogP contribution in [0.5, 0.6) is 0 Å². The molecule has 1 aromatic carbocycles. The SMILES string of the molecule is CCOC(O)C(C)(C)C(=O)Nc1ccnc(-c2cc(-c3ccon3)n(Cc3ccccc3F)n2)n1. The number of carbonyl (C=O) groups is 1. The van der Waals surface area contributed by atoms with Crippen molar-refractivity contribution in [2.24, 2.45) is 5.41 Å². The van der Waals surface area contributed by atoms with Crippen LogP contribution >= 0.6 is 0 Å². The van der Waals surface area contributed by atoms with Crippen LogP contribution in [0.3, 0.4) is 0 Å². The van der Waals surface area contributed by atoms with Gasteiger partial charge in [-0.15, -0.1) is 0 Å². The van der Waals surface area contributed by atoms with Crippen LogP contribution in [0.4, 0.5) is 10.2 Å². The van der Waals surface area contributed by atoms with Crippen LogP contribution in [0.15, 0.2) is 59.4 Å². The third-order valence-electron chi connectivity index (χ3n) is 5.41. The lowest BCUT2D eigenvalue weighted by atomic mass is 9.91. The third-order valence-corrected chi connectivity index (χ3v) is 5.41. The van der Waals surface area contributed by atoms with Gasteiger partial charge in [-0.25, -0.2) is 14.4 Å². The van der Waals surface area contributed by atoms with Gasteiger partial charge in [-0.05, 0) is 39.0 Å². The van der Waals surface area contributed by atoms with Gasteiger partial charge in [0.05, 0.1) is 17.7 Å². The van der Waals surface area contributed by atoms with E-state index < -0.39 is 17.6 Å². The van der Waals surface area contributed by atoms with Gasteiger partial charge < -0.3 is 19.7 Å². The average molecular weight is 481 g/mol. The molecule has 10 nitrogen and oxygen atoms in total. The number of rotatable bonds is 9. The van der Waals surface area contributed by atoms with E-state index in [2.05, 4.69) is 25.5 Å². The van der Waals surface area contributed by atoms with Gasteiger partial charge in [-0.2, -0.15) is 5.10 Å². The predicted octanol–water partition coefficient (Wildman–Crippen LogP) is 3.50. The number of benzene rings is 1. The van der Waals surface area contributed by atoms with Gasteiger partial charge in [0.25, 0.3) is 0 Å². The Hall–Kier alpha value is -3.96. The summed E-state index contributed by atoms with van der Waals surface area (Å²) >= 11 is 0. The second-order valence-electron chi connectivity index (χ2n) is 8.30. The summed E-state index contributed by atoms with van der Waals surface area (Å²) in [6.45, 7) is 5.28. The van der Waals surface area contributed by atoms with E-state index in [9.17, 15) is 14.3 Å². The maximum atomic E-state index is 14.3. The number of hydrogen-bond donors (Lipinski definition) is 2. The Kier molecular flexibility index (Phi) is 6.99. The maximum Gasteiger partial charge on any atom is 0.236 e. The van der Waals surface area contributed by atoms with Crippen molar-refractivity contribution in [1.29, 1.82) is 0 Å². The Bertz CT molecular complexity index is 1310. The number of carbonyl (C=O) groups excluding carboxylic acids is 1. The summed E-state index contributed by atoms with van der Waals surface area (Å²) in [7, 11) is 0. The summed E-state index contributed by atoms with van der Waals surface area (Å²) in [6, 6.07) is 11.3. The summed E-state index contributed by atoms with van der Waals surface area (Å²) in [5.74, 6) is -0.364. The van der Waals surface area contributed by atoms with Crippen molar-refractivity contribution in [2.45, 2.75) is 33.6 Å². The van der Waals surface area contributed by atoms with Gasteiger partial charge in [0, 0.05) is 24.4 Å². The standard InChI is InChI=1S/C24H25FN6O4/c1-4-34-23(33)24(2,3)22(32)28-20-9-11-26-21(27-20)18-13-19(17-10-12-35-30-17)31(29-18)14-15-7-5-6-8-16(15)25/h5-13,23,33H,4,14H2,1-3H3,(H,26,27,28,32). The molecule has 35 heavy (non-hydrogen) atoms. The molecule has 0 saturated carbocycles. The molecule has 0 saturated heterocycles. The lowest BCUT2D eigenvalue weighted by molar-refractivity contribution is -0.171. The van der Waals surface area contributed by atoms with E-state index >= 15 is 0 Å². The zero-order chi connectivity index (χ0) is 25.0. The number of aliphatic hydroxyl groups excluding tert-OH is 1. The molecule has 0 aliphatic carbocycles. The van der Waals surface area contributed by atoms with E-state index in [0.29, 0.717) is 22.6 Å². The average Bonchev–Trinajstić information content (AvgIpc) is 3.51. The zero-order valence-electron chi connectivity index (χ0n) is 19.5. The molecule has 3 aromatic heterocycles. The fourth-order valence-electron chi connectivity index (χ4n) is 3.29. The largest absolute Gasteiger partial charge is 0.367 e. The first-order valence-electron chi connectivity index (χ1n) is 11.0. The van der Waals surface area contributed by atoms with Gasteiger partial charge in [-0.1, -0.05) is 23.4 Å². The molecule has 0 aliphatic heterocycles. The first kappa shape index (κ1) is 24.2. The highest BCUT2D eigenvalue weighted by molar-refractivity contribution is 5.94. The van der Waals surface area contributed by atoms with Crippen LogP contribution in [0.25, 0.3) is 22.9 Å². The highest BCUT2D eigenvalue weighted by Gasteiger charge is 2.36. The Morgan fingerprint density at radius 1 is 1.26 bits per heavy atom. The van der Waals surface area contributed by atoms with Crippen LogP contribution in [0.1, 0.15) is 26.3 Å². The van der Waals surface area contributed by atoms with Gasteiger partial charge in [0.2, 0.25) is 5.91 Å². The maximum absolute atomic E-state index is 14.3. The quantitative estimate of drug-likeness (QED) is 0.348. The van der Waals surface area contributed by atoms with Crippen molar-refractivity contribution >= 4 is 11.7 Å². The van der Waals surface area contributed by atoms with Gasteiger partial charge >= 0.3 is 0 Å². The second kappa shape index (κ2) is 10.1. The molecule has 0 radical (unpaired) electrons. The van der Waals surface area contributed by atoms with E-state index in [1.807, 2.05) is 0 Å². The number of aliphatic hydroxyl groups is 1. The molecule has 2 N–H and O–H groups in total. The Morgan fingerprint density at radius 3 is 2.77 bits per heavy atom. The highest BCUT2D eigenvalue weighted by Crippen LogP contribution is 2.27. The minimum Gasteiger partial charge on any atom is -0.367 e. The molecule has 0 fully saturated rings. The first-order chi connectivity index (χ1) is 16.8. The van der Waals surface area contributed by atoms with Crippen molar-refractivity contribution in [3.05, 3.63) is 66.3 Å². The summed E-state index contributed by atoms with van der Waals surface area (Å²) in [5.41, 5.74) is 0.711. The molecule has 1 atom stereocenters. The molecular formula is C24H25FN6O4. The van der Waals surface area contributed by atoms with Crippen LogP contribution in [-0.4, -0.2) is 48.8 Å². The first-order valence-corrected chi connectivity index (χ1v) is 11.0. The van der Waals surface area contributed by atoms with Crippen molar-refractivity contribution < 1.29 is 23.6 Å². The smallest absolute Gasteiger partial charge is 0.236 e. The van der Waals surface area contributed by atoms with E-state index in [1.54, 1.807) is 55.8 Å². The normalized spacial score (nSPS) is 12.5. The van der Waals surface area contributed by atoms with E-state index in [4.69, 9.17) is 9.26 Å². The van der Waals surface area contributed by atoms with Crippen molar-refractivity contribution in [1.82, 2.24) is 24.9 Å². The monoisotopic (exact) mass is 480 g/mol. The molecule has 1 unspecified atom stereocenters. The van der Waals surface area contributed by atoms with Crippen LogP contribution in [0.2, 0.25) is 0 Å². The van der Waals surface area contributed by atoms with E-state index in [-0.39, 0.29) is 30.6 Å². The minimum absolute atomic E-state index is 0.148. The highest BCUT2D eigenvalue weighted by atomic mass is 19.1. The molecule has 3 heterocycles. The molecule has 4 aromatic rings. The number of nitrogens with one attached hydrogen (secondary N) is 1. The molecule has 4 rings (SSSR count). The fourth-order valence-corrected chi connectivity index (χ4v) is 3.29. The van der Waals surface area contributed by atoms with Gasteiger partial charge in [0.15, 0.2) is 12.1 Å². The molecule has 0 spiro atoms. The molecule has 11 heteroatoms. The van der Waals surface area contributed by atoms with Crippen molar-refractivity contribution in [3.8, 4) is 22.9 Å². The summed E-state index contributed by atoms with van der Waals surface area (Å²) < 4.78 is 26.0. The lowest BCUT2D eigenvalue weighted by Gasteiger charge is -2.28. The number of anilines is 1. The summed E-state index contributed by atoms with van der Waals surface area (Å²) in [4.78, 5) is 21.4. The fraction of sp³-hybridized carbons (Fsp3) is 0.292. The zero-order valence-corrected chi connectivity index (χ0v) is 19.5. The molecular weight excluding hydrogens is 455 g/mol. The van der Waals surface area contributed by atoms with E-state index in [0.717, 1.165) is 0 Å². The van der Waals surface area contributed by atoms with Crippen LogP contribution in [-0.2, 0) is 16.1 Å². The second-order valence-corrected chi connectivity index (χ2v) is 8.30. The molecule has 182 valence electrons. The van der Waals surface area contributed by atoms with Crippen LogP contribution in [0, 0.1) is 11.2 Å². The van der Waals surface area contributed by atoms with E-state index in [1.165, 1.54) is 24.6 Å². The molecule has 0 bridgehead atoms. The van der Waals surface area contributed by atoms with Crippen molar-refractivity contribution in [3.63, 3.8) is 0 Å². The van der Waals surface area contributed by atoms with Gasteiger partial charge in [-0.3, -0.25) is 9.48 Å². The number of halogens is 1. The molecule has 0 aliphatic rings. The number of aromatic nitrogens is 5.